The summed E-state index contributed by atoms with van der Waals surface area (Å²) in [5, 5.41) is 3.98. The van der Waals surface area contributed by atoms with E-state index in [4.69, 9.17) is 18.9 Å². The first-order valence-corrected chi connectivity index (χ1v) is 8.95. The zero-order valence-corrected chi connectivity index (χ0v) is 16.2. The van der Waals surface area contributed by atoms with Crippen molar-refractivity contribution in [3.8, 4) is 11.5 Å². The number of carbonyl (C=O) groups is 1. The van der Waals surface area contributed by atoms with Crippen molar-refractivity contribution >= 4 is 28.1 Å². The molecule has 1 aliphatic rings. The molecule has 0 aromatic heterocycles. The molecular formula is C17H23BrN2O5. The van der Waals surface area contributed by atoms with Crippen LogP contribution in [0, 0.1) is 0 Å². The summed E-state index contributed by atoms with van der Waals surface area (Å²) in [6.07, 6.45) is 1.63. The SMILES string of the molecule is CCOc1cc(/C=N\NC(=O)CC2(C)OCCO2)cc(Br)c1OCC. The Morgan fingerprint density at radius 3 is 2.64 bits per heavy atom. The lowest BCUT2D eigenvalue weighted by molar-refractivity contribution is -0.159. The number of hydrazone groups is 1. The molecule has 8 heteroatoms. The van der Waals surface area contributed by atoms with E-state index in [1.165, 1.54) is 0 Å². The Hall–Kier alpha value is -1.64. The van der Waals surface area contributed by atoms with Crippen molar-refractivity contribution in [3.63, 3.8) is 0 Å². The molecule has 1 aliphatic heterocycles. The Labute approximate surface area is 155 Å². The number of nitrogens with zero attached hydrogens (tertiary/aromatic N) is 1. The maximum absolute atomic E-state index is 11.9. The molecule has 1 heterocycles. The zero-order chi connectivity index (χ0) is 18.3. The lowest BCUT2D eigenvalue weighted by atomic mass is 10.2. The number of benzene rings is 1. The molecule has 1 aromatic carbocycles. The number of carbonyl (C=O) groups excluding carboxylic acids is 1. The normalized spacial score (nSPS) is 16.2. The van der Waals surface area contributed by atoms with E-state index in [1.807, 2.05) is 19.9 Å². The van der Waals surface area contributed by atoms with Gasteiger partial charge in [0.05, 0.1) is 43.5 Å². The predicted molar refractivity (Wildman–Crippen MR) is 97.1 cm³/mol. The van der Waals surface area contributed by atoms with Crippen LogP contribution >= 0.6 is 15.9 Å². The average molecular weight is 415 g/mol. The third-order valence-corrected chi connectivity index (χ3v) is 3.99. The van der Waals surface area contributed by atoms with Crippen LogP contribution in [-0.2, 0) is 14.3 Å². The van der Waals surface area contributed by atoms with Gasteiger partial charge in [-0.25, -0.2) is 5.43 Å². The molecule has 1 saturated heterocycles. The zero-order valence-electron chi connectivity index (χ0n) is 14.6. The Kier molecular flexibility index (Phi) is 7.22. The predicted octanol–water partition coefficient (Wildman–Crippen LogP) is 2.85. The van der Waals surface area contributed by atoms with E-state index in [1.54, 1.807) is 19.2 Å². The standard InChI is InChI=1S/C17H23BrN2O5/c1-4-22-14-9-12(8-13(18)16(14)23-5-2)11-19-20-15(21)10-17(3)24-6-7-25-17/h8-9,11H,4-7,10H2,1-3H3,(H,20,21)/b19-11-. The summed E-state index contributed by atoms with van der Waals surface area (Å²) in [5.41, 5.74) is 3.24. The molecule has 0 aliphatic carbocycles. The average Bonchev–Trinajstić information content (AvgIpc) is 2.97. The van der Waals surface area contributed by atoms with Crippen molar-refractivity contribution < 1.29 is 23.7 Å². The fraction of sp³-hybridized carbons (Fsp3) is 0.529. The molecule has 0 saturated carbocycles. The van der Waals surface area contributed by atoms with Gasteiger partial charge in [-0.15, -0.1) is 0 Å². The van der Waals surface area contributed by atoms with Gasteiger partial charge in [0.25, 0.3) is 0 Å². The third kappa shape index (κ3) is 5.69. The molecule has 7 nitrogen and oxygen atoms in total. The molecule has 0 atom stereocenters. The molecule has 138 valence electrons. The van der Waals surface area contributed by atoms with Crippen molar-refractivity contribution in [2.75, 3.05) is 26.4 Å². The van der Waals surface area contributed by atoms with E-state index < -0.39 is 5.79 Å². The van der Waals surface area contributed by atoms with Gasteiger partial charge < -0.3 is 18.9 Å². The van der Waals surface area contributed by atoms with Gasteiger partial charge in [-0.2, -0.15) is 5.10 Å². The quantitative estimate of drug-likeness (QED) is 0.522. The molecule has 0 bridgehead atoms. The number of amides is 1. The van der Waals surface area contributed by atoms with Crippen LogP contribution < -0.4 is 14.9 Å². The van der Waals surface area contributed by atoms with E-state index >= 15 is 0 Å². The van der Waals surface area contributed by atoms with Gasteiger partial charge in [0.1, 0.15) is 0 Å². The van der Waals surface area contributed by atoms with Gasteiger partial charge >= 0.3 is 0 Å². The van der Waals surface area contributed by atoms with Crippen LogP contribution in [0.5, 0.6) is 11.5 Å². The number of nitrogens with one attached hydrogen (secondary N) is 1. The first-order chi connectivity index (χ1) is 12.0. The molecule has 1 N–H and O–H groups in total. The lowest BCUT2D eigenvalue weighted by Crippen LogP contribution is -2.33. The second-order valence-electron chi connectivity index (χ2n) is 5.50. The summed E-state index contributed by atoms with van der Waals surface area (Å²) in [5.74, 6) is 0.112. The summed E-state index contributed by atoms with van der Waals surface area (Å²) in [4.78, 5) is 11.9. The molecule has 1 fully saturated rings. The summed E-state index contributed by atoms with van der Waals surface area (Å²) >= 11 is 3.47. The van der Waals surface area contributed by atoms with Crippen LogP contribution in [0.4, 0.5) is 0 Å². The van der Waals surface area contributed by atoms with Gasteiger partial charge in [0.2, 0.25) is 5.91 Å². The maximum atomic E-state index is 11.9. The van der Waals surface area contributed by atoms with E-state index in [-0.39, 0.29) is 12.3 Å². The molecule has 2 rings (SSSR count). The first-order valence-electron chi connectivity index (χ1n) is 8.16. The minimum atomic E-state index is -0.871. The number of rotatable bonds is 8. The monoisotopic (exact) mass is 414 g/mol. The highest BCUT2D eigenvalue weighted by atomic mass is 79.9. The molecule has 0 spiro atoms. The van der Waals surface area contributed by atoms with Gasteiger partial charge in [0, 0.05) is 0 Å². The van der Waals surface area contributed by atoms with Crippen molar-refractivity contribution in [2.45, 2.75) is 33.0 Å². The Balaban J connectivity index is 2.01. The number of halogens is 1. The lowest BCUT2D eigenvalue weighted by Gasteiger charge is -2.20. The van der Waals surface area contributed by atoms with Gasteiger partial charge in [0.15, 0.2) is 17.3 Å². The summed E-state index contributed by atoms with van der Waals surface area (Å²) in [7, 11) is 0. The van der Waals surface area contributed by atoms with Crippen LogP contribution in [0.25, 0.3) is 0 Å². The fourth-order valence-corrected chi connectivity index (χ4v) is 2.95. The first kappa shape index (κ1) is 19.7. The third-order valence-electron chi connectivity index (χ3n) is 3.40. The fourth-order valence-electron chi connectivity index (χ4n) is 2.38. The second kappa shape index (κ2) is 9.17. The minimum Gasteiger partial charge on any atom is -0.490 e. The summed E-state index contributed by atoms with van der Waals surface area (Å²) in [6.45, 7) is 7.58. The molecule has 1 aromatic rings. The van der Waals surface area contributed by atoms with Crippen LogP contribution in [0.15, 0.2) is 21.7 Å². The van der Waals surface area contributed by atoms with Gasteiger partial charge in [-0.05, 0) is 54.4 Å². The van der Waals surface area contributed by atoms with E-state index in [0.29, 0.717) is 37.9 Å². The smallest absolute Gasteiger partial charge is 0.245 e. The molecule has 1 amide bonds. The Morgan fingerprint density at radius 1 is 1.32 bits per heavy atom. The maximum Gasteiger partial charge on any atom is 0.245 e. The number of hydrogen-bond acceptors (Lipinski definition) is 6. The summed E-state index contributed by atoms with van der Waals surface area (Å²) < 4.78 is 22.7. The molecule has 0 radical (unpaired) electrons. The van der Waals surface area contributed by atoms with Crippen molar-refractivity contribution in [1.82, 2.24) is 5.43 Å². The van der Waals surface area contributed by atoms with Crippen LogP contribution in [-0.4, -0.2) is 44.3 Å². The molecule has 25 heavy (non-hydrogen) atoms. The van der Waals surface area contributed by atoms with E-state index in [9.17, 15) is 4.79 Å². The topological polar surface area (TPSA) is 78.4 Å². The van der Waals surface area contributed by atoms with E-state index in [2.05, 4.69) is 26.5 Å². The highest BCUT2D eigenvalue weighted by Gasteiger charge is 2.33. The Morgan fingerprint density at radius 2 is 2.00 bits per heavy atom. The summed E-state index contributed by atoms with van der Waals surface area (Å²) in [6, 6.07) is 3.65. The second-order valence-corrected chi connectivity index (χ2v) is 6.35. The van der Waals surface area contributed by atoms with Crippen LogP contribution in [0.3, 0.4) is 0 Å². The number of hydrogen-bond donors (Lipinski definition) is 1. The Bertz CT molecular complexity index is 630. The highest BCUT2D eigenvalue weighted by Crippen LogP contribution is 2.36. The van der Waals surface area contributed by atoms with Crippen molar-refractivity contribution in [2.24, 2.45) is 5.10 Å². The van der Waals surface area contributed by atoms with Gasteiger partial charge in [-0.3, -0.25) is 4.79 Å². The molecule has 0 unspecified atom stereocenters. The highest BCUT2D eigenvalue weighted by molar-refractivity contribution is 9.10. The van der Waals surface area contributed by atoms with Crippen LogP contribution in [0.2, 0.25) is 0 Å². The van der Waals surface area contributed by atoms with Crippen molar-refractivity contribution in [3.05, 3.63) is 22.2 Å². The van der Waals surface area contributed by atoms with E-state index in [0.717, 1.165) is 10.0 Å². The number of ether oxygens (including phenoxy) is 4. The largest absolute Gasteiger partial charge is 0.490 e. The molecular weight excluding hydrogens is 392 g/mol. The van der Waals surface area contributed by atoms with Crippen LogP contribution in [0.1, 0.15) is 32.8 Å². The van der Waals surface area contributed by atoms with Gasteiger partial charge in [-0.1, -0.05) is 0 Å². The minimum absolute atomic E-state index is 0.0848. The van der Waals surface area contributed by atoms with Crippen molar-refractivity contribution in [1.29, 1.82) is 0 Å².